The van der Waals surface area contributed by atoms with E-state index in [0.717, 1.165) is 14.9 Å². The average molecular weight is 322 g/mol. The Kier molecular flexibility index (Phi) is 2.78. The maximum atomic E-state index is 13.4. The van der Waals surface area contributed by atoms with Crippen LogP contribution in [0, 0.1) is 9.39 Å². The topological polar surface area (TPSA) is 40.5 Å². The molecule has 1 aromatic heterocycles. The van der Waals surface area contributed by atoms with Crippen molar-refractivity contribution in [3.05, 3.63) is 27.6 Å². The molecule has 2 nitrogen and oxygen atoms in total. The van der Waals surface area contributed by atoms with Crippen molar-refractivity contribution in [1.29, 1.82) is 0 Å². The molecule has 0 aliphatic rings. The van der Waals surface area contributed by atoms with E-state index in [1.165, 1.54) is 6.07 Å². The molecule has 1 aromatic carbocycles. The quantitative estimate of drug-likeness (QED) is 0.614. The van der Waals surface area contributed by atoms with Crippen LogP contribution in [0.2, 0.25) is 0 Å². The van der Waals surface area contributed by atoms with Crippen LogP contribution in [0.25, 0.3) is 10.1 Å². The van der Waals surface area contributed by atoms with Crippen LogP contribution in [0.1, 0.15) is 0 Å². The summed E-state index contributed by atoms with van der Waals surface area (Å²) in [6.45, 7) is 0. The number of fused-ring (bicyclic) bond motifs is 1. The molecule has 0 aliphatic heterocycles. The van der Waals surface area contributed by atoms with Crippen molar-refractivity contribution >= 4 is 55.9 Å². The molecule has 0 spiro atoms. The second-order valence-electron chi connectivity index (χ2n) is 2.83. The molecule has 0 amide bonds. The van der Waals surface area contributed by atoms with Crippen molar-refractivity contribution in [2.24, 2.45) is 0 Å². The van der Waals surface area contributed by atoms with E-state index in [1.54, 1.807) is 12.1 Å². The van der Waals surface area contributed by atoms with Gasteiger partial charge in [-0.25, -0.2) is 4.39 Å². The van der Waals surface area contributed by atoms with Crippen molar-refractivity contribution in [3.8, 4) is 0 Å². The molecule has 0 aliphatic carbocycles. The van der Waals surface area contributed by atoms with Gasteiger partial charge in [0.1, 0.15) is 5.82 Å². The molecule has 2 rings (SSSR count). The third-order valence-electron chi connectivity index (χ3n) is 1.81. The highest BCUT2D eigenvalue weighted by Crippen LogP contribution is 2.25. The van der Waals surface area contributed by atoms with E-state index in [4.69, 9.17) is 10.0 Å². The highest BCUT2D eigenvalue weighted by atomic mass is 127. The van der Waals surface area contributed by atoms with E-state index in [9.17, 15) is 4.39 Å². The van der Waals surface area contributed by atoms with Gasteiger partial charge in [-0.2, -0.15) is 0 Å². The van der Waals surface area contributed by atoms with Gasteiger partial charge in [0.2, 0.25) is 0 Å². The third-order valence-corrected chi connectivity index (χ3v) is 3.63. The van der Waals surface area contributed by atoms with Crippen molar-refractivity contribution in [2.45, 2.75) is 0 Å². The van der Waals surface area contributed by atoms with E-state index in [2.05, 4.69) is 0 Å². The minimum absolute atomic E-state index is 0.316. The second kappa shape index (κ2) is 3.76. The Bertz CT molecular complexity index is 485. The van der Waals surface area contributed by atoms with Gasteiger partial charge in [-0.1, -0.05) is 0 Å². The molecule has 6 heteroatoms. The fourth-order valence-electron chi connectivity index (χ4n) is 1.22. The maximum Gasteiger partial charge on any atom is 0.499 e. The Morgan fingerprint density at radius 1 is 1.29 bits per heavy atom. The first-order chi connectivity index (χ1) is 6.58. The minimum Gasteiger partial charge on any atom is -0.423 e. The van der Waals surface area contributed by atoms with Crippen LogP contribution in [-0.2, 0) is 0 Å². The molecule has 0 bridgehead atoms. The average Bonchev–Trinajstić information content (AvgIpc) is 2.47. The molecule has 0 unspecified atom stereocenters. The first-order valence-corrected chi connectivity index (χ1v) is 5.72. The van der Waals surface area contributed by atoms with Gasteiger partial charge < -0.3 is 10.0 Å². The van der Waals surface area contributed by atoms with Crippen molar-refractivity contribution in [2.75, 3.05) is 0 Å². The molecule has 14 heavy (non-hydrogen) atoms. The molecule has 0 fully saturated rings. The van der Waals surface area contributed by atoms with Crippen molar-refractivity contribution < 1.29 is 14.4 Å². The zero-order chi connectivity index (χ0) is 10.3. The first kappa shape index (κ1) is 10.3. The highest BCUT2D eigenvalue weighted by molar-refractivity contribution is 14.1. The van der Waals surface area contributed by atoms with Crippen LogP contribution in [0.3, 0.4) is 0 Å². The zero-order valence-electron chi connectivity index (χ0n) is 6.87. The second-order valence-corrected chi connectivity index (χ2v) is 5.16. The van der Waals surface area contributed by atoms with Gasteiger partial charge in [-0.05, 0) is 46.2 Å². The first-order valence-electron chi connectivity index (χ1n) is 3.82. The Hall–Kier alpha value is -0.175. The normalized spacial score (nSPS) is 10.9. The Morgan fingerprint density at radius 3 is 2.64 bits per heavy atom. The summed E-state index contributed by atoms with van der Waals surface area (Å²) in [5.41, 5.74) is 0. The van der Waals surface area contributed by atoms with Gasteiger partial charge in [-0.3, -0.25) is 0 Å². The summed E-state index contributed by atoms with van der Waals surface area (Å²) in [7, 11) is -1.52. The third kappa shape index (κ3) is 1.79. The number of hydrogen-bond acceptors (Lipinski definition) is 3. The monoisotopic (exact) mass is 322 g/mol. The van der Waals surface area contributed by atoms with Crippen molar-refractivity contribution in [3.63, 3.8) is 0 Å². The van der Waals surface area contributed by atoms with Gasteiger partial charge in [0.25, 0.3) is 0 Å². The Balaban J connectivity index is 2.70. The SMILES string of the molecule is OB(O)c1cc2cc(I)cc(F)c2s1. The summed E-state index contributed by atoms with van der Waals surface area (Å²) in [6.07, 6.45) is 0. The van der Waals surface area contributed by atoms with E-state index >= 15 is 0 Å². The predicted octanol–water partition coefficient (Wildman–Crippen LogP) is 1.32. The van der Waals surface area contributed by atoms with Crippen LogP contribution < -0.4 is 4.78 Å². The molecule has 72 valence electrons. The molecular formula is C8H5BFIO2S. The Morgan fingerprint density at radius 2 is 2.00 bits per heavy atom. The molecule has 2 N–H and O–H groups in total. The van der Waals surface area contributed by atoms with Crippen LogP contribution in [0.4, 0.5) is 4.39 Å². The van der Waals surface area contributed by atoms with Crippen LogP contribution in [0.15, 0.2) is 18.2 Å². The van der Waals surface area contributed by atoms with Gasteiger partial charge in [0.05, 0.1) is 4.70 Å². The number of hydrogen-bond donors (Lipinski definition) is 2. The molecule has 0 saturated heterocycles. The largest absolute Gasteiger partial charge is 0.499 e. The summed E-state index contributed by atoms with van der Waals surface area (Å²) in [6, 6.07) is 4.82. The number of thiophene rings is 1. The van der Waals surface area contributed by atoms with Gasteiger partial charge in [0, 0.05) is 8.35 Å². The number of benzene rings is 1. The Labute approximate surface area is 97.7 Å². The highest BCUT2D eigenvalue weighted by Gasteiger charge is 2.16. The molecule has 0 atom stereocenters. The fraction of sp³-hybridized carbons (Fsp3) is 0. The van der Waals surface area contributed by atoms with Gasteiger partial charge in [0.15, 0.2) is 0 Å². The van der Waals surface area contributed by atoms with E-state index in [-0.39, 0.29) is 5.82 Å². The lowest BCUT2D eigenvalue weighted by atomic mass is 9.89. The van der Waals surface area contributed by atoms with Gasteiger partial charge in [-0.15, -0.1) is 11.3 Å². The van der Waals surface area contributed by atoms with E-state index < -0.39 is 7.12 Å². The summed E-state index contributed by atoms with van der Waals surface area (Å²) in [4.78, 5) is 0. The lowest BCUT2D eigenvalue weighted by molar-refractivity contribution is 0.427. The smallest absolute Gasteiger partial charge is 0.423 e. The molecule has 0 radical (unpaired) electrons. The molecule has 2 aromatic rings. The minimum atomic E-state index is -1.52. The summed E-state index contributed by atoms with van der Waals surface area (Å²) in [5.74, 6) is -0.316. The lowest BCUT2D eigenvalue weighted by Gasteiger charge is -1.92. The lowest BCUT2D eigenvalue weighted by Crippen LogP contribution is -2.26. The molecular weight excluding hydrogens is 317 g/mol. The number of halogens is 2. The molecule has 1 heterocycles. The zero-order valence-corrected chi connectivity index (χ0v) is 9.84. The summed E-state index contributed by atoms with van der Waals surface area (Å²) >= 11 is 3.08. The maximum absolute atomic E-state index is 13.4. The molecule has 0 saturated carbocycles. The van der Waals surface area contributed by atoms with Crippen LogP contribution >= 0.6 is 33.9 Å². The van der Waals surface area contributed by atoms with Gasteiger partial charge >= 0.3 is 7.12 Å². The fourth-order valence-corrected chi connectivity index (χ4v) is 2.75. The van der Waals surface area contributed by atoms with E-state index in [1.807, 2.05) is 22.6 Å². The number of rotatable bonds is 1. The summed E-state index contributed by atoms with van der Waals surface area (Å²) in [5, 5.41) is 18.6. The predicted molar refractivity (Wildman–Crippen MR) is 64.3 cm³/mol. The van der Waals surface area contributed by atoms with Crippen LogP contribution in [-0.4, -0.2) is 17.2 Å². The standard InChI is InChI=1S/C8H5BFIO2S/c10-6-3-5(11)1-4-2-7(9(12)13)14-8(4)6/h1-3,12-13H. The van der Waals surface area contributed by atoms with E-state index in [0.29, 0.717) is 14.9 Å². The van der Waals surface area contributed by atoms with Crippen LogP contribution in [0.5, 0.6) is 0 Å². The summed E-state index contributed by atoms with van der Waals surface area (Å²) < 4.78 is 15.0. The van der Waals surface area contributed by atoms with Crippen molar-refractivity contribution in [1.82, 2.24) is 0 Å².